The smallest absolute Gasteiger partial charge is 0.264 e. The molecule has 0 saturated heterocycles. The highest BCUT2D eigenvalue weighted by atomic mass is 32.1. The number of hydrogen-bond acceptors (Lipinski definition) is 6. The Balaban J connectivity index is 1.47. The fourth-order valence-electron chi connectivity index (χ4n) is 2.75. The van der Waals surface area contributed by atoms with Crippen molar-refractivity contribution in [2.24, 2.45) is 0 Å². The maximum atomic E-state index is 12.2. The summed E-state index contributed by atoms with van der Waals surface area (Å²) in [6.45, 7) is 3.82. The minimum atomic E-state index is -0.274. The van der Waals surface area contributed by atoms with Crippen molar-refractivity contribution in [3.05, 3.63) is 59.7 Å². The first-order valence-electron chi connectivity index (χ1n) is 8.38. The summed E-state index contributed by atoms with van der Waals surface area (Å²) >= 11 is 1.26. The van der Waals surface area contributed by atoms with Gasteiger partial charge < -0.3 is 4.74 Å². The van der Waals surface area contributed by atoms with Gasteiger partial charge in [0.2, 0.25) is 10.1 Å². The monoisotopic (exact) mass is 379 g/mol. The Labute approximate surface area is 159 Å². The Morgan fingerprint density at radius 1 is 1.07 bits per heavy atom. The molecule has 2 aromatic heterocycles. The number of hydrogen-bond donors (Lipinski definition) is 1. The van der Waals surface area contributed by atoms with Crippen LogP contribution in [0.5, 0.6) is 5.75 Å². The lowest BCUT2D eigenvalue weighted by Crippen LogP contribution is -2.20. The number of rotatable bonds is 5. The summed E-state index contributed by atoms with van der Waals surface area (Å²) < 4.78 is 7.31. The minimum absolute atomic E-state index is 0.0859. The SMILES string of the molecule is Cc1cccc(C)c1OCC(=O)Nc1nn2c(-c3ccccc3)nnc2s1. The van der Waals surface area contributed by atoms with Crippen molar-refractivity contribution >= 4 is 27.3 Å². The van der Waals surface area contributed by atoms with Gasteiger partial charge in [-0.05, 0) is 25.0 Å². The normalized spacial score (nSPS) is 10.9. The number of fused-ring (bicyclic) bond motifs is 1. The van der Waals surface area contributed by atoms with E-state index in [9.17, 15) is 4.79 Å². The van der Waals surface area contributed by atoms with E-state index >= 15 is 0 Å². The molecule has 0 aliphatic heterocycles. The molecule has 27 heavy (non-hydrogen) atoms. The van der Waals surface area contributed by atoms with Gasteiger partial charge >= 0.3 is 0 Å². The molecule has 0 spiro atoms. The zero-order chi connectivity index (χ0) is 18.8. The van der Waals surface area contributed by atoms with E-state index in [2.05, 4.69) is 20.6 Å². The second kappa shape index (κ2) is 7.16. The van der Waals surface area contributed by atoms with E-state index in [0.717, 1.165) is 22.4 Å². The average molecular weight is 379 g/mol. The van der Waals surface area contributed by atoms with Gasteiger partial charge in [-0.3, -0.25) is 10.1 Å². The van der Waals surface area contributed by atoms with Gasteiger partial charge in [-0.2, -0.15) is 4.52 Å². The van der Waals surface area contributed by atoms with E-state index in [4.69, 9.17) is 4.74 Å². The summed E-state index contributed by atoms with van der Waals surface area (Å²) in [7, 11) is 0. The fourth-order valence-corrected chi connectivity index (χ4v) is 3.51. The molecule has 0 radical (unpaired) electrons. The fraction of sp³-hybridized carbons (Fsp3) is 0.158. The number of amides is 1. The Bertz CT molecular complexity index is 1080. The van der Waals surface area contributed by atoms with Crippen molar-refractivity contribution in [1.29, 1.82) is 0 Å². The highest BCUT2D eigenvalue weighted by molar-refractivity contribution is 7.20. The summed E-state index contributed by atoms with van der Waals surface area (Å²) in [5.41, 5.74) is 2.90. The first-order chi connectivity index (χ1) is 13.1. The molecule has 0 aliphatic carbocycles. The molecule has 0 unspecified atom stereocenters. The molecular formula is C19H17N5O2S. The third-order valence-electron chi connectivity index (χ3n) is 4.03. The van der Waals surface area contributed by atoms with E-state index in [0.29, 0.717) is 15.9 Å². The zero-order valence-corrected chi connectivity index (χ0v) is 15.7. The standard InChI is InChI=1S/C19H17N5O2S/c1-12-7-6-8-13(2)16(12)26-11-15(25)20-18-23-24-17(21-22-19(24)27-18)14-9-4-3-5-10-14/h3-10H,11H2,1-2H3,(H,20,23,25). The van der Waals surface area contributed by atoms with Crippen LogP contribution in [0.1, 0.15) is 11.1 Å². The molecule has 0 aliphatic rings. The van der Waals surface area contributed by atoms with Crippen molar-refractivity contribution in [3.63, 3.8) is 0 Å². The maximum Gasteiger partial charge on any atom is 0.264 e. The number of nitrogens with zero attached hydrogens (tertiary/aromatic N) is 4. The Morgan fingerprint density at radius 2 is 1.81 bits per heavy atom. The lowest BCUT2D eigenvalue weighted by Gasteiger charge is -2.11. The molecule has 2 heterocycles. The molecule has 1 amide bonds. The largest absolute Gasteiger partial charge is 0.483 e. The molecule has 2 aromatic carbocycles. The van der Waals surface area contributed by atoms with Crippen molar-refractivity contribution in [2.45, 2.75) is 13.8 Å². The summed E-state index contributed by atoms with van der Waals surface area (Å²) in [6.07, 6.45) is 0. The van der Waals surface area contributed by atoms with Crippen LogP contribution in [0.25, 0.3) is 16.3 Å². The van der Waals surface area contributed by atoms with Gasteiger partial charge in [0.05, 0.1) is 0 Å². The van der Waals surface area contributed by atoms with Crippen LogP contribution in [0.2, 0.25) is 0 Å². The molecular weight excluding hydrogens is 362 g/mol. The number of carbonyl (C=O) groups is 1. The van der Waals surface area contributed by atoms with Crippen LogP contribution in [0.15, 0.2) is 48.5 Å². The number of para-hydroxylation sites is 1. The summed E-state index contributed by atoms with van der Waals surface area (Å²) in [5, 5.41) is 15.9. The van der Waals surface area contributed by atoms with E-state index in [1.54, 1.807) is 4.52 Å². The average Bonchev–Trinajstić information content (AvgIpc) is 3.22. The predicted molar refractivity (Wildman–Crippen MR) is 104 cm³/mol. The topological polar surface area (TPSA) is 81.4 Å². The van der Waals surface area contributed by atoms with Crippen molar-refractivity contribution in [3.8, 4) is 17.1 Å². The van der Waals surface area contributed by atoms with Crippen molar-refractivity contribution in [1.82, 2.24) is 19.8 Å². The highest BCUT2D eigenvalue weighted by Crippen LogP contribution is 2.24. The number of benzene rings is 2. The van der Waals surface area contributed by atoms with Crippen LogP contribution in [0.3, 0.4) is 0 Å². The first-order valence-corrected chi connectivity index (χ1v) is 9.20. The molecule has 8 heteroatoms. The molecule has 4 aromatic rings. The Hall–Kier alpha value is -3.26. The van der Waals surface area contributed by atoms with Crippen LogP contribution in [-0.4, -0.2) is 32.3 Å². The van der Waals surface area contributed by atoms with Crippen molar-refractivity contribution < 1.29 is 9.53 Å². The van der Waals surface area contributed by atoms with Gasteiger partial charge in [0.15, 0.2) is 12.4 Å². The molecule has 0 bridgehead atoms. The number of anilines is 1. The predicted octanol–water partition coefficient (Wildman–Crippen LogP) is 3.49. The number of aryl methyl sites for hydroxylation is 2. The Kier molecular flexibility index (Phi) is 4.55. The van der Waals surface area contributed by atoms with Gasteiger partial charge in [-0.15, -0.1) is 15.3 Å². The third kappa shape index (κ3) is 3.52. The first kappa shape index (κ1) is 17.2. The van der Waals surface area contributed by atoms with Crippen LogP contribution in [-0.2, 0) is 4.79 Å². The van der Waals surface area contributed by atoms with Gasteiger partial charge in [-0.25, -0.2) is 0 Å². The van der Waals surface area contributed by atoms with Gasteiger partial charge in [0.1, 0.15) is 5.75 Å². The van der Waals surface area contributed by atoms with Gasteiger partial charge in [0.25, 0.3) is 5.91 Å². The molecule has 136 valence electrons. The number of nitrogens with one attached hydrogen (secondary N) is 1. The van der Waals surface area contributed by atoms with E-state index < -0.39 is 0 Å². The molecule has 0 saturated carbocycles. The van der Waals surface area contributed by atoms with Gasteiger partial charge in [-0.1, -0.05) is 59.9 Å². The molecule has 1 N–H and O–H groups in total. The maximum absolute atomic E-state index is 12.2. The molecule has 7 nitrogen and oxygen atoms in total. The highest BCUT2D eigenvalue weighted by Gasteiger charge is 2.15. The molecule has 4 rings (SSSR count). The third-order valence-corrected chi connectivity index (χ3v) is 4.84. The second-order valence-corrected chi connectivity index (χ2v) is 7.00. The van der Waals surface area contributed by atoms with E-state index in [1.165, 1.54) is 11.3 Å². The molecule has 0 atom stereocenters. The van der Waals surface area contributed by atoms with Crippen LogP contribution in [0.4, 0.5) is 5.13 Å². The number of carbonyl (C=O) groups excluding carboxylic acids is 1. The number of ether oxygens (including phenoxy) is 1. The summed E-state index contributed by atoms with van der Waals surface area (Å²) in [6, 6.07) is 15.5. The van der Waals surface area contributed by atoms with Gasteiger partial charge in [0, 0.05) is 5.56 Å². The Morgan fingerprint density at radius 3 is 2.56 bits per heavy atom. The lowest BCUT2D eigenvalue weighted by atomic mass is 10.1. The quantitative estimate of drug-likeness (QED) is 0.574. The van der Waals surface area contributed by atoms with E-state index in [-0.39, 0.29) is 12.5 Å². The van der Waals surface area contributed by atoms with Crippen LogP contribution >= 0.6 is 11.3 Å². The second-order valence-electron chi connectivity index (χ2n) is 6.05. The molecule has 0 fully saturated rings. The minimum Gasteiger partial charge on any atom is -0.483 e. The lowest BCUT2D eigenvalue weighted by molar-refractivity contribution is -0.118. The van der Waals surface area contributed by atoms with E-state index in [1.807, 2.05) is 62.4 Å². The zero-order valence-electron chi connectivity index (χ0n) is 14.8. The summed E-state index contributed by atoms with van der Waals surface area (Å²) in [5.74, 6) is 1.09. The van der Waals surface area contributed by atoms with Crippen LogP contribution in [0, 0.1) is 13.8 Å². The summed E-state index contributed by atoms with van der Waals surface area (Å²) in [4.78, 5) is 12.9. The van der Waals surface area contributed by atoms with Crippen LogP contribution < -0.4 is 10.1 Å². The van der Waals surface area contributed by atoms with Crippen molar-refractivity contribution in [2.75, 3.05) is 11.9 Å². The number of aromatic nitrogens is 4.